The molecule has 0 spiro atoms. The second-order valence-electron chi connectivity index (χ2n) is 3.43. The molecule has 3 N–H and O–H groups in total. The third-order valence-corrected chi connectivity index (χ3v) is 2.24. The number of rotatable bonds is 5. The lowest BCUT2D eigenvalue weighted by Gasteiger charge is -2.04. The molecule has 0 aliphatic rings. The van der Waals surface area contributed by atoms with Crippen molar-refractivity contribution in [3.8, 4) is 11.1 Å². The van der Waals surface area contributed by atoms with Crippen molar-refractivity contribution in [1.29, 1.82) is 0 Å². The van der Waals surface area contributed by atoms with Crippen LogP contribution in [0.25, 0.3) is 11.1 Å². The Balaban J connectivity index is 2.00. The molecule has 0 fully saturated rings. The number of nitrogens with one attached hydrogen (secondary N) is 3. The lowest BCUT2D eigenvalue weighted by Crippen LogP contribution is -2.18. The first-order valence-corrected chi connectivity index (χ1v) is 5.24. The fraction of sp³-hybridized carbons (Fsp3) is 0.273. The summed E-state index contributed by atoms with van der Waals surface area (Å²) >= 11 is 0. The van der Waals surface area contributed by atoms with Crippen LogP contribution in [0.3, 0.4) is 0 Å². The third-order valence-electron chi connectivity index (χ3n) is 2.24. The van der Waals surface area contributed by atoms with E-state index in [1.165, 1.54) is 0 Å². The lowest BCUT2D eigenvalue weighted by atomic mass is 10.2. The Morgan fingerprint density at radius 2 is 2.00 bits per heavy atom. The molecule has 16 heavy (non-hydrogen) atoms. The van der Waals surface area contributed by atoms with E-state index in [4.69, 9.17) is 0 Å². The number of hydrogen-bond acceptors (Lipinski definition) is 4. The van der Waals surface area contributed by atoms with E-state index >= 15 is 0 Å². The molecule has 0 amide bonds. The van der Waals surface area contributed by atoms with Gasteiger partial charge in [-0.2, -0.15) is 0 Å². The molecule has 0 aliphatic heterocycles. The molecule has 0 aromatic carbocycles. The van der Waals surface area contributed by atoms with Crippen molar-refractivity contribution >= 4 is 5.95 Å². The molecule has 0 radical (unpaired) electrons. The van der Waals surface area contributed by atoms with E-state index in [1.54, 1.807) is 0 Å². The van der Waals surface area contributed by atoms with Crippen LogP contribution in [0.4, 0.5) is 5.95 Å². The number of H-pyrrole nitrogens is 1. The maximum Gasteiger partial charge on any atom is 0.222 e. The summed E-state index contributed by atoms with van der Waals surface area (Å²) in [5.41, 5.74) is 2.11. The zero-order chi connectivity index (χ0) is 11.2. The van der Waals surface area contributed by atoms with E-state index < -0.39 is 0 Å². The van der Waals surface area contributed by atoms with Crippen molar-refractivity contribution in [2.75, 3.05) is 25.5 Å². The van der Waals surface area contributed by atoms with Gasteiger partial charge in [0, 0.05) is 49.0 Å². The molecule has 2 rings (SSSR count). The molecular formula is C11H15N5. The molecule has 2 heterocycles. The van der Waals surface area contributed by atoms with Gasteiger partial charge in [-0.1, -0.05) is 0 Å². The number of likely N-dealkylation sites (N-methyl/N-ethyl adjacent to an activating group) is 1. The Kier molecular flexibility index (Phi) is 3.50. The molecule has 5 nitrogen and oxygen atoms in total. The summed E-state index contributed by atoms with van der Waals surface area (Å²) in [4.78, 5) is 11.5. The second-order valence-corrected chi connectivity index (χ2v) is 3.43. The van der Waals surface area contributed by atoms with Gasteiger partial charge in [0.25, 0.3) is 0 Å². The normalized spacial score (nSPS) is 10.3. The summed E-state index contributed by atoms with van der Waals surface area (Å²) in [5.74, 6) is 0.662. The summed E-state index contributed by atoms with van der Waals surface area (Å²) in [6.07, 6.45) is 7.44. The standard InChI is InChI=1S/C11H15N5/c1-12-4-5-14-11-15-7-10(8-16-11)9-2-3-13-6-9/h2-3,6-8,12-13H,4-5H2,1H3,(H,14,15,16). The first-order chi connectivity index (χ1) is 7.90. The van der Waals surface area contributed by atoms with Crippen LogP contribution in [0.1, 0.15) is 0 Å². The molecule has 0 atom stereocenters. The quantitative estimate of drug-likeness (QED) is 0.656. The van der Waals surface area contributed by atoms with Crippen LogP contribution >= 0.6 is 0 Å². The number of aromatic nitrogens is 3. The average molecular weight is 217 g/mol. The Morgan fingerprint density at radius 1 is 1.19 bits per heavy atom. The highest BCUT2D eigenvalue weighted by molar-refractivity contribution is 5.60. The zero-order valence-corrected chi connectivity index (χ0v) is 9.20. The highest BCUT2D eigenvalue weighted by Gasteiger charge is 1.99. The largest absolute Gasteiger partial charge is 0.367 e. The van der Waals surface area contributed by atoms with Gasteiger partial charge in [0.2, 0.25) is 5.95 Å². The van der Waals surface area contributed by atoms with Crippen molar-refractivity contribution in [2.24, 2.45) is 0 Å². The van der Waals surface area contributed by atoms with E-state index in [1.807, 2.05) is 37.9 Å². The van der Waals surface area contributed by atoms with Crippen LogP contribution in [0.5, 0.6) is 0 Å². The molecular weight excluding hydrogens is 202 g/mol. The number of anilines is 1. The van der Waals surface area contributed by atoms with Gasteiger partial charge in [-0.25, -0.2) is 9.97 Å². The monoisotopic (exact) mass is 217 g/mol. The molecule has 2 aromatic rings. The van der Waals surface area contributed by atoms with Crippen LogP contribution < -0.4 is 10.6 Å². The highest BCUT2D eigenvalue weighted by atomic mass is 15.1. The predicted octanol–water partition coefficient (Wildman–Crippen LogP) is 1.10. The Bertz CT molecular complexity index is 406. The van der Waals surface area contributed by atoms with Gasteiger partial charge in [-0.05, 0) is 13.1 Å². The van der Waals surface area contributed by atoms with Gasteiger partial charge in [0.1, 0.15) is 0 Å². The second kappa shape index (κ2) is 5.27. The van der Waals surface area contributed by atoms with Crippen molar-refractivity contribution in [3.05, 3.63) is 30.9 Å². The van der Waals surface area contributed by atoms with Gasteiger partial charge in [0.15, 0.2) is 0 Å². The smallest absolute Gasteiger partial charge is 0.222 e. The van der Waals surface area contributed by atoms with Gasteiger partial charge in [0.05, 0.1) is 0 Å². The number of aromatic amines is 1. The first-order valence-electron chi connectivity index (χ1n) is 5.24. The number of nitrogens with zero attached hydrogens (tertiary/aromatic N) is 2. The summed E-state index contributed by atoms with van der Waals surface area (Å²) in [5, 5.41) is 6.18. The fourth-order valence-electron chi connectivity index (χ4n) is 1.37. The third kappa shape index (κ3) is 2.58. The summed E-state index contributed by atoms with van der Waals surface area (Å²) in [6, 6.07) is 1.99. The van der Waals surface area contributed by atoms with Crippen LogP contribution in [-0.4, -0.2) is 35.1 Å². The summed E-state index contributed by atoms with van der Waals surface area (Å²) < 4.78 is 0. The van der Waals surface area contributed by atoms with E-state index in [-0.39, 0.29) is 0 Å². The Labute approximate surface area is 94.3 Å². The molecule has 0 saturated carbocycles. The molecule has 0 unspecified atom stereocenters. The fourth-order valence-corrected chi connectivity index (χ4v) is 1.37. The minimum atomic E-state index is 0.662. The molecule has 84 valence electrons. The van der Waals surface area contributed by atoms with E-state index in [0.29, 0.717) is 5.95 Å². The maximum absolute atomic E-state index is 4.24. The maximum atomic E-state index is 4.24. The van der Waals surface area contributed by atoms with Crippen molar-refractivity contribution < 1.29 is 0 Å². The van der Waals surface area contributed by atoms with E-state index in [0.717, 1.165) is 24.2 Å². The highest BCUT2D eigenvalue weighted by Crippen LogP contribution is 2.16. The first kappa shape index (κ1) is 10.6. The summed E-state index contributed by atoms with van der Waals surface area (Å²) in [6.45, 7) is 1.71. The zero-order valence-electron chi connectivity index (χ0n) is 9.20. The van der Waals surface area contributed by atoms with Gasteiger partial charge < -0.3 is 15.6 Å². The van der Waals surface area contributed by atoms with Gasteiger partial charge in [-0.3, -0.25) is 0 Å². The minimum absolute atomic E-state index is 0.662. The van der Waals surface area contributed by atoms with Crippen molar-refractivity contribution in [2.45, 2.75) is 0 Å². The molecule has 0 saturated heterocycles. The van der Waals surface area contributed by atoms with Crippen molar-refractivity contribution in [3.63, 3.8) is 0 Å². The van der Waals surface area contributed by atoms with Crippen LogP contribution in [-0.2, 0) is 0 Å². The average Bonchev–Trinajstić information content (AvgIpc) is 2.84. The van der Waals surface area contributed by atoms with Crippen molar-refractivity contribution in [1.82, 2.24) is 20.3 Å². The van der Waals surface area contributed by atoms with Gasteiger partial charge in [-0.15, -0.1) is 0 Å². The minimum Gasteiger partial charge on any atom is -0.367 e. The topological polar surface area (TPSA) is 65.6 Å². The van der Waals surface area contributed by atoms with E-state index in [9.17, 15) is 0 Å². The Hall–Kier alpha value is -1.88. The van der Waals surface area contributed by atoms with Crippen LogP contribution in [0.15, 0.2) is 30.9 Å². The molecule has 2 aromatic heterocycles. The predicted molar refractivity (Wildman–Crippen MR) is 64.2 cm³/mol. The molecule has 5 heteroatoms. The number of hydrogen-bond donors (Lipinski definition) is 3. The Morgan fingerprint density at radius 3 is 2.62 bits per heavy atom. The van der Waals surface area contributed by atoms with Crippen LogP contribution in [0.2, 0.25) is 0 Å². The van der Waals surface area contributed by atoms with Gasteiger partial charge >= 0.3 is 0 Å². The SMILES string of the molecule is CNCCNc1ncc(-c2cc[nH]c2)cn1. The van der Waals surface area contributed by atoms with Crippen LogP contribution in [0, 0.1) is 0 Å². The summed E-state index contributed by atoms with van der Waals surface area (Å²) in [7, 11) is 1.91. The van der Waals surface area contributed by atoms with E-state index in [2.05, 4.69) is 25.6 Å². The molecule has 0 bridgehead atoms. The molecule has 0 aliphatic carbocycles. The lowest BCUT2D eigenvalue weighted by molar-refractivity contribution is 0.817.